The van der Waals surface area contributed by atoms with Crippen LogP contribution in [0.3, 0.4) is 0 Å². The number of nitrogens with one attached hydrogen (secondary N) is 1. The predicted octanol–water partition coefficient (Wildman–Crippen LogP) is 2.93. The molecule has 104 valence electrons. The molecule has 2 rings (SSSR count). The van der Waals surface area contributed by atoms with Crippen LogP contribution in [0.25, 0.3) is 0 Å². The minimum absolute atomic E-state index is 0.0460. The van der Waals surface area contributed by atoms with E-state index in [2.05, 4.69) is 5.32 Å². The number of amides is 1. The summed E-state index contributed by atoms with van der Waals surface area (Å²) >= 11 is 1.73. The molecule has 0 saturated carbocycles. The Bertz CT molecular complexity index is 444. The maximum atomic E-state index is 12.2. The van der Waals surface area contributed by atoms with Crippen molar-refractivity contribution in [2.24, 2.45) is 0 Å². The Morgan fingerprint density at radius 1 is 1.32 bits per heavy atom. The molecule has 0 radical (unpaired) electrons. The fraction of sp³-hybridized carbons (Fsp3) is 0.500. The van der Waals surface area contributed by atoms with Gasteiger partial charge in [0.05, 0.1) is 25.2 Å². The molecular formula is C14H19NO3S. The van der Waals surface area contributed by atoms with E-state index >= 15 is 0 Å². The van der Waals surface area contributed by atoms with Gasteiger partial charge in [-0.05, 0) is 30.7 Å². The van der Waals surface area contributed by atoms with Crippen molar-refractivity contribution in [1.29, 1.82) is 0 Å². The van der Waals surface area contributed by atoms with Crippen LogP contribution in [0, 0.1) is 0 Å². The van der Waals surface area contributed by atoms with E-state index in [0.29, 0.717) is 17.2 Å². The summed E-state index contributed by atoms with van der Waals surface area (Å²) in [4.78, 5) is 12.2. The number of hydrogen-bond acceptors (Lipinski definition) is 4. The number of hydrogen-bond donors (Lipinski definition) is 1. The monoisotopic (exact) mass is 281 g/mol. The van der Waals surface area contributed by atoms with Crippen molar-refractivity contribution >= 4 is 23.4 Å². The van der Waals surface area contributed by atoms with Crippen LogP contribution >= 0.6 is 11.8 Å². The molecule has 0 aliphatic carbocycles. The molecule has 5 heteroatoms. The first-order chi connectivity index (χ1) is 9.24. The van der Waals surface area contributed by atoms with E-state index in [0.717, 1.165) is 18.6 Å². The third kappa shape index (κ3) is 3.56. The lowest BCUT2D eigenvalue weighted by molar-refractivity contribution is -0.115. The number of carbonyl (C=O) groups is 1. The number of benzene rings is 1. The lowest BCUT2D eigenvalue weighted by Crippen LogP contribution is -2.27. The van der Waals surface area contributed by atoms with Crippen LogP contribution in [-0.4, -0.2) is 31.1 Å². The molecule has 0 aromatic heterocycles. The Hall–Kier alpha value is -1.36. The smallest absolute Gasteiger partial charge is 0.237 e. The van der Waals surface area contributed by atoms with Crippen molar-refractivity contribution in [2.45, 2.75) is 24.5 Å². The highest BCUT2D eigenvalue weighted by Crippen LogP contribution is 2.31. The second-order valence-corrected chi connectivity index (χ2v) is 5.72. The largest absolute Gasteiger partial charge is 0.497 e. The summed E-state index contributed by atoms with van der Waals surface area (Å²) < 4.78 is 10.4. The Morgan fingerprint density at radius 3 is 2.79 bits per heavy atom. The highest BCUT2D eigenvalue weighted by Gasteiger charge is 2.22. The number of rotatable bonds is 4. The minimum atomic E-state index is 0.0460. The van der Waals surface area contributed by atoms with Crippen LogP contribution in [0.4, 0.5) is 5.69 Å². The Morgan fingerprint density at radius 2 is 2.16 bits per heavy atom. The van der Waals surface area contributed by atoms with Gasteiger partial charge in [-0.2, -0.15) is 0 Å². The number of anilines is 1. The Balaban J connectivity index is 2.10. The first-order valence-corrected chi connectivity index (χ1v) is 7.44. The molecule has 1 heterocycles. The van der Waals surface area contributed by atoms with Gasteiger partial charge < -0.3 is 14.8 Å². The van der Waals surface area contributed by atoms with Gasteiger partial charge >= 0.3 is 0 Å². The molecule has 1 fully saturated rings. The van der Waals surface area contributed by atoms with Crippen molar-refractivity contribution in [3.63, 3.8) is 0 Å². The molecular weight excluding hydrogens is 262 g/mol. The number of ether oxygens (including phenoxy) is 2. The van der Waals surface area contributed by atoms with E-state index in [1.54, 1.807) is 38.1 Å². The van der Waals surface area contributed by atoms with Crippen LogP contribution in [0.2, 0.25) is 0 Å². The summed E-state index contributed by atoms with van der Waals surface area (Å²) in [5, 5.41) is 2.99. The Labute approximate surface area is 117 Å². The molecule has 0 spiro atoms. The van der Waals surface area contributed by atoms with Crippen molar-refractivity contribution in [1.82, 2.24) is 0 Å². The normalized spacial score (nSPS) is 18.7. The molecule has 1 aliphatic rings. The molecule has 1 aromatic carbocycles. The molecule has 1 aliphatic heterocycles. The summed E-state index contributed by atoms with van der Waals surface area (Å²) in [7, 11) is 3.19. The average molecular weight is 281 g/mol. The van der Waals surface area contributed by atoms with Crippen LogP contribution < -0.4 is 14.8 Å². The van der Waals surface area contributed by atoms with Gasteiger partial charge in [0, 0.05) is 6.07 Å². The molecule has 1 unspecified atom stereocenters. The quantitative estimate of drug-likeness (QED) is 0.922. The zero-order valence-electron chi connectivity index (χ0n) is 11.3. The fourth-order valence-electron chi connectivity index (χ4n) is 2.07. The third-order valence-corrected chi connectivity index (χ3v) is 4.51. The second kappa shape index (κ2) is 6.70. The van der Waals surface area contributed by atoms with E-state index in [1.165, 1.54) is 6.42 Å². The first-order valence-electron chi connectivity index (χ1n) is 6.39. The van der Waals surface area contributed by atoms with Gasteiger partial charge in [0.25, 0.3) is 0 Å². The SMILES string of the molecule is COc1ccc(OC)c(NC(=O)C2CCCCS2)c1. The molecule has 1 aromatic rings. The summed E-state index contributed by atoms with van der Waals surface area (Å²) in [6.07, 6.45) is 3.28. The zero-order chi connectivity index (χ0) is 13.7. The average Bonchev–Trinajstić information content (AvgIpc) is 2.48. The minimum Gasteiger partial charge on any atom is -0.497 e. The maximum Gasteiger partial charge on any atom is 0.237 e. The zero-order valence-corrected chi connectivity index (χ0v) is 12.1. The van der Waals surface area contributed by atoms with Crippen molar-refractivity contribution in [3.8, 4) is 11.5 Å². The summed E-state index contributed by atoms with van der Waals surface area (Å²) in [6, 6.07) is 5.39. The van der Waals surface area contributed by atoms with Gasteiger partial charge in [0.1, 0.15) is 11.5 Å². The lowest BCUT2D eigenvalue weighted by Gasteiger charge is -2.21. The van der Waals surface area contributed by atoms with Gasteiger partial charge in [-0.3, -0.25) is 4.79 Å². The van der Waals surface area contributed by atoms with E-state index < -0.39 is 0 Å². The van der Waals surface area contributed by atoms with E-state index in [1.807, 2.05) is 6.07 Å². The van der Waals surface area contributed by atoms with Gasteiger partial charge in [-0.25, -0.2) is 0 Å². The van der Waals surface area contributed by atoms with E-state index in [4.69, 9.17) is 9.47 Å². The van der Waals surface area contributed by atoms with Gasteiger partial charge in [-0.15, -0.1) is 11.8 Å². The number of carbonyl (C=O) groups excluding carboxylic acids is 1. The third-order valence-electron chi connectivity index (χ3n) is 3.14. The van der Waals surface area contributed by atoms with Gasteiger partial charge in [0.2, 0.25) is 5.91 Å². The summed E-state index contributed by atoms with van der Waals surface area (Å²) in [5.41, 5.74) is 0.665. The predicted molar refractivity (Wildman–Crippen MR) is 78.3 cm³/mol. The van der Waals surface area contributed by atoms with Crippen molar-refractivity contribution in [3.05, 3.63) is 18.2 Å². The van der Waals surface area contributed by atoms with Crippen LogP contribution in [-0.2, 0) is 4.79 Å². The summed E-state index contributed by atoms with van der Waals surface area (Å²) in [6.45, 7) is 0. The second-order valence-electron chi connectivity index (χ2n) is 4.41. The van der Waals surface area contributed by atoms with Gasteiger partial charge in [-0.1, -0.05) is 6.42 Å². The number of thioether (sulfide) groups is 1. The van der Waals surface area contributed by atoms with Crippen molar-refractivity contribution < 1.29 is 14.3 Å². The number of methoxy groups -OCH3 is 2. The van der Waals surface area contributed by atoms with Crippen LogP contribution in [0.5, 0.6) is 11.5 Å². The van der Waals surface area contributed by atoms with Crippen molar-refractivity contribution in [2.75, 3.05) is 25.3 Å². The molecule has 1 saturated heterocycles. The van der Waals surface area contributed by atoms with Crippen LogP contribution in [0.1, 0.15) is 19.3 Å². The van der Waals surface area contributed by atoms with Gasteiger partial charge in [0.15, 0.2) is 0 Å². The standard InChI is InChI=1S/C14H19NO3S/c1-17-10-6-7-12(18-2)11(9-10)15-14(16)13-5-3-4-8-19-13/h6-7,9,13H,3-5,8H2,1-2H3,(H,15,16). The molecule has 1 atom stereocenters. The Kier molecular flexibility index (Phi) is 4.96. The molecule has 19 heavy (non-hydrogen) atoms. The highest BCUT2D eigenvalue weighted by atomic mass is 32.2. The highest BCUT2D eigenvalue weighted by molar-refractivity contribution is 8.00. The van der Waals surface area contributed by atoms with Crippen LogP contribution in [0.15, 0.2) is 18.2 Å². The molecule has 1 amide bonds. The maximum absolute atomic E-state index is 12.2. The molecule has 1 N–H and O–H groups in total. The molecule has 4 nitrogen and oxygen atoms in total. The van der Waals surface area contributed by atoms with E-state index in [-0.39, 0.29) is 11.2 Å². The fourth-order valence-corrected chi connectivity index (χ4v) is 3.27. The first kappa shape index (κ1) is 14.1. The lowest BCUT2D eigenvalue weighted by atomic mass is 10.1. The molecule has 0 bridgehead atoms. The topological polar surface area (TPSA) is 47.6 Å². The summed E-state index contributed by atoms with van der Waals surface area (Å²) in [5.74, 6) is 2.46. The van der Waals surface area contributed by atoms with E-state index in [9.17, 15) is 4.79 Å².